The van der Waals surface area contributed by atoms with Crippen LogP contribution in [0.4, 0.5) is 4.39 Å². The Balaban J connectivity index is 2.37. The summed E-state index contributed by atoms with van der Waals surface area (Å²) in [5.41, 5.74) is 2.17. The number of aryl methyl sites for hydroxylation is 1. The molecule has 88 valence electrons. The van der Waals surface area contributed by atoms with E-state index in [4.69, 9.17) is 0 Å². The number of aromatic amines is 1. The molecule has 0 fully saturated rings. The van der Waals surface area contributed by atoms with Gasteiger partial charge in [-0.1, -0.05) is 12.5 Å². The van der Waals surface area contributed by atoms with Gasteiger partial charge in [-0.05, 0) is 37.8 Å². The first-order valence-electron chi connectivity index (χ1n) is 6.09. The lowest BCUT2D eigenvalue weighted by atomic mass is 10.0. The monoisotopic (exact) mass is 231 g/mol. The molecule has 1 aliphatic carbocycles. The van der Waals surface area contributed by atoms with Crippen LogP contribution in [-0.2, 0) is 12.8 Å². The first-order chi connectivity index (χ1) is 8.27. The van der Waals surface area contributed by atoms with Crippen molar-refractivity contribution in [1.29, 1.82) is 0 Å². The molecule has 0 amide bonds. The van der Waals surface area contributed by atoms with E-state index in [2.05, 4.69) is 4.98 Å². The van der Waals surface area contributed by atoms with Crippen LogP contribution in [0.3, 0.4) is 0 Å². The van der Waals surface area contributed by atoms with Crippen molar-refractivity contribution in [2.45, 2.75) is 32.1 Å². The summed E-state index contributed by atoms with van der Waals surface area (Å²) in [7, 11) is 0. The van der Waals surface area contributed by atoms with Gasteiger partial charge in [-0.15, -0.1) is 0 Å². The highest BCUT2D eigenvalue weighted by atomic mass is 19.1. The predicted octanol–water partition coefficient (Wildman–Crippen LogP) is 2.94. The van der Waals surface area contributed by atoms with Crippen LogP contribution < -0.4 is 5.43 Å². The van der Waals surface area contributed by atoms with Crippen LogP contribution in [0.1, 0.15) is 30.5 Å². The topological polar surface area (TPSA) is 32.9 Å². The van der Waals surface area contributed by atoms with Gasteiger partial charge in [0.05, 0.1) is 5.52 Å². The Morgan fingerprint density at radius 3 is 2.82 bits per heavy atom. The van der Waals surface area contributed by atoms with Crippen LogP contribution >= 0.6 is 0 Å². The molecule has 17 heavy (non-hydrogen) atoms. The summed E-state index contributed by atoms with van der Waals surface area (Å²) in [4.78, 5) is 15.4. The normalized spacial score (nSPS) is 15.6. The molecule has 0 saturated carbocycles. The van der Waals surface area contributed by atoms with Gasteiger partial charge in [-0.25, -0.2) is 4.39 Å². The van der Waals surface area contributed by atoms with Gasteiger partial charge in [-0.2, -0.15) is 0 Å². The van der Waals surface area contributed by atoms with E-state index in [1.807, 2.05) is 0 Å². The van der Waals surface area contributed by atoms with Crippen LogP contribution in [0.2, 0.25) is 0 Å². The Bertz CT molecular complexity index is 630. The van der Waals surface area contributed by atoms with Crippen molar-refractivity contribution < 1.29 is 4.39 Å². The average Bonchev–Trinajstić information content (AvgIpc) is 2.56. The van der Waals surface area contributed by atoms with Crippen LogP contribution in [0.5, 0.6) is 0 Å². The second kappa shape index (κ2) is 3.99. The summed E-state index contributed by atoms with van der Waals surface area (Å²) in [6.07, 6.45) is 4.94. The third kappa shape index (κ3) is 1.66. The highest BCUT2D eigenvalue weighted by molar-refractivity contribution is 5.80. The van der Waals surface area contributed by atoms with Gasteiger partial charge >= 0.3 is 0 Å². The van der Waals surface area contributed by atoms with Gasteiger partial charge < -0.3 is 4.98 Å². The number of hydrogen-bond donors (Lipinski definition) is 1. The van der Waals surface area contributed by atoms with E-state index in [0.29, 0.717) is 10.9 Å². The maximum absolute atomic E-state index is 13.7. The van der Waals surface area contributed by atoms with Crippen molar-refractivity contribution in [3.8, 4) is 0 Å². The smallest absolute Gasteiger partial charge is 0.192 e. The summed E-state index contributed by atoms with van der Waals surface area (Å²) >= 11 is 0. The van der Waals surface area contributed by atoms with E-state index in [9.17, 15) is 9.18 Å². The highest BCUT2D eigenvalue weighted by Crippen LogP contribution is 2.20. The van der Waals surface area contributed by atoms with E-state index in [1.54, 1.807) is 12.1 Å². The molecule has 3 heteroatoms. The molecule has 0 unspecified atom stereocenters. The van der Waals surface area contributed by atoms with Crippen molar-refractivity contribution in [2.75, 3.05) is 0 Å². The molecular weight excluding hydrogens is 217 g/mol. The van der Waals surface area contributed by atoms with Gasteiger partial charge in [0, 0.05) is 16.6 Å². The Kier molecular flexibility index (Phi) is 2.46. The van der Waals surface area contributed by atoms with E-state index in [0.717, 1.165) is 43.4 Å². The minimum Gasteiger partial charge on any atom is -0.356 e. The molecule has 1 aromatic carbocycles. The molecule has 0 atom stereocenters. The van der Waals surface area contributed by atoms with E-state index in [1.165, 1.54) is 6.07 Å². The predicted molar refractivity (Wildman–Crippen MR) is 65.8 cm³/mol. The Labute approximate surface area is 98.5 Å². The van der Waals surface area contributed by atoms with Crippen molar-refractivity contribution in [3.05, 3.63) is 45.5 Å². The van der Waals surface area contributed by atoms with Gasteiger partial charge in [0.15, 0.2) is 5.43 Å². The molecular formula is C14H14FNO. The molecule has 0 saturated heterocycles. The summed E-state index contributed by atoms with van der Waals surface area (Å²) < 4.78 is 13.7. The molecule has 0 bridgehead atoms. The van der Waals surface area contributed by atoms with Gasteiger partial charge in [0.2, 0.25) is 0 Å². The van der Waals surface area contributed by atoms with Crippen molar-refractivity contribution in [3.63, 3.8) is 0 Å². The number of aromatic nitrogens is 1. The highest BCUT2D eigenvalue weighted by Gasteiger charge is 2.15. The number of H-pyrrole nitrogens is 1. The molecule has 1 aromatic heterocycles. The molecule has 0 aliphatic heterocycles. The zero-order valence-electron chi connectivity index (χ0n) is 9.55. The van der Waals surface area contributed by atoms with E-state index in [-0.39, 0.29) is 11.2 Å². The molecule has 2 aromatic rings. The lowest BCUT2D eigenvalue weighted by molar-refractivity contribution is 0.635. The van der Waals surface area contributed by atoms with Crippen molar-refractivity contribution >= 4 is 10.9 Å². The SMILES string of the molecule is O=c1c2c([nH]c3c(F)cccc13)CCCCC2. The molecule has 0 spiro atoms. The van der Waals surface area contributed by atoms with Crippen molar-refractivity contribution in [2.24, 2.45) is 0 Å². The summed E-state index contributed by atoms with van der Waals surface area (Å²) in [5.74, 6) is -0.341. The lowest BCUT2D eigenvalue weighted by Crippen LogP contribution is -2.14. The largest absolute Gasteiger partial charge is 0.356 e. The first kappa shape index (κ1) is 10.5. The number of fused-ring (bicyclic) bond motifs is 2. The minimum atomic E-state index is -0.341. The van der Waals surface area contributed by atoms with Crippen LogP contribution in [0, 0.1) is 5.82 Å². The maximum Gasteiger partial charge on any atom is 0.192 e. The minimum absolute atomic E-state index is 0.00940. The van der Waals surface area contributed by atoms with Crippen LogP contribution in [-0.4, -0.2) is 4.98 Å². The Morgan fingerprint density at radius 1 is 1.12 bits per heavy atom. The van der Waals surface area contributed by atoms with Crippen LogP contribution in [0.25, 0.3) is 10.9 Å². The Morgan fingerprint density at radius 2 is 1.94 bits per heavy atom. The number of nitrogens with one attached hydrogen (secondary N) is 1. The standard InChI is InChI=1S/C14H14FNO/c15-11-7-4-6-10-13(11)16-12-8-3-1-2-5-9(12)14(10)17/h4,6-7H,1-3,5,8H2,(H,16,17). The molecule has 2 nitrogen and oxygen atoms in total. The zero-order valence-corrected chi connectivity index (χ0v) is 9.55. The third-order valence-electron chi connectivity index (χ3n) is 3.53. The van der Waals surface area contributed by atoms with Gasteiger partial charge in [-0.3, -0.25) is 4.79 Å². The first-order valence-corrected chi connectivity index (χ1v) is 6.09. The summed E-state index contributed by atoms with van der Waals surface area (Å²) in [5, 5.41) is 0.477. The maximum atomic E-state index is 13.7. The molecule has 1 heterocycles. The third-order valence-corrected chi connectivity index (χ3v) is 3.53. The second-order valence-corrected chi connectivity index (χ2v) is 4.63. The van der Waals surface area contributed by atoms with Crippen LogP contribution in [0.15, 0.2) is 23.0 Å². The molecule has 1 aliphatic rings. The number of para-hydroxylation sites is 1. The fourth-order valence-corrected chi connectivity index (χ4v) is 2.62. The number of benzene rings is 1. The van der Waals surface area contributed by atoms with Gasteiger partial charge in [0.25, 0.3) is 0 Å². The Hall–Kier alpha value is -1.64. The summed E-state index contributed by atoms with van der Waals surface area (Å²) in [6.45, 7) is 0. The zero-order chi connectivity index (χ0) is 11.8. The number of hydrogen-bond acceptors (Lipinski definition) is 1. The van der Waals surface area contributed by atoms with Gasteiger partial charge in [0.1, 0.15) is 5.82 Å². The number of rotatable bonds is 0. The van der Waals surface area contributed by atoms with E-state index < -0.39 is 0 Å². The quantitative estimate of drug-likeness (QED) is 0.695. The fourth-order valence-electron chi connectivity index (χ4n) is 2.62. The van der Waals surface area contributed by atoms with Crippen molar-refractivity contribution in [1.82, 2.24) is 4.98 Å². The fraction of sp³-hybridized carbons (Fsp3) is 0.357. The number of pyridine rings is 1. The molecule has 3 rings (SSSR count). The van der Waals surface area contributed by atoms with E-state index >= 15 is 0 Å². The second-order valence-electron chi connectivity index (χ2n) is 4.63. The molecule has 1 N–H and O–H groups in total. The average molecular weight is 231 g/mol. The lowest BCUT2D eigenvalue weighted by Gasteiger charge is -2.08. The number of halogens is 1. The summed E-state index contributed by atoms with van der Waals surface area (Å²) in [6, 6.07) is 4.68. The molecule has 0 radical (unpaired) electrons.